The van der Waals surface area contributed by atoms with Crippen molar-refractivity contribution in [1.29, 1.82) is 0 Å². The van der Waals surface area contributed by atoms with E-state index in [4.69, 9.17) is 75.0 Å². The van der Waals surface area contributed by atoms with Crippen LogP contribution in [0.15, 0.2) is 0 Å². The molecule has 10 N–H and O–H groups in total. The van der Waals surface area contributed by atoms with Crippen molar-refractivity contribution in [3.8, 4) is 0 Å². The minimum absolute atomic E-state index is 0. The number of hydrogen-bond acceptors (Lipinski definition) is 5. The first kappa shape index (κ1) is 42.7. The van der Waals surface area contributed by atoms with Gasteiger partial charge in [-0.2, -0.15) is 0 Å². The summed E-state index contributed by atoms with van der Waals surface area (Å²) < 4.78 is 0. The van der Waals surface area contributed by atoms with E-state index in [1.54, 1.807) is 0 Å². The van der Waals surface area contributed by atoms with Crippen molar-refractivity contribution in [3.05, 3.63) is 0 Å². The summed E-state index contributed by atoms with van der Waals surface area (Å²) in [4.78, 5) is 42.8. The van der Waals surface area contributed by atoms with Crippen molar-refractivity contribution >= 4 is 76.9 Å². The van der Waals surface area contributed by atoms with E-state index >= 15 is 0 Å². The van der Waals surface area contributed by atoms with E-state index in [2.05, 4.69) is 0 Å². The van der Waals surface area contributed by atoms with Gasteiger partial charge >= 0.3 is 76.9 Å². The Hall–Kier alpha value is -2.12. The van der Waals surface area contributed by atoms with Gasteiger partial charge in [-0.05, 0) is 0 Å². The Morgan fingerprint density at radius 3 is 0.364 bits per heavy atom. The Morgan fingerprint density at radius 1 is 0.364 bits per heavy atom. The van der Waals surface area contributed by atoms with Crippen LogP contribution in [0, 0.1) is 0 Å². The molecule has 0 rings (SSSR count). The molecule has 0 aliphatic rings. The molecule has 22 heavy (non-hydrogen) atoms. The maximum atomic E-state index is 8.56. The monoisotopic (exact) mass is 362 g/mol. The second kappa shape index (κ2) is 36.4. The van der Waals surface area contributed by atoms with Gasteiger partial charge in [0.15, 0.2) is 0 Å². The molecule has 0 aromatic rings. The summed E-state index contributed by atoms with van der Waals surface area (Å²) in [5.74, 6) is 0. The van der Waals surface area contributed by atoms with Gasteiger partial charge in [-0.25, -0.2) is 24.0 Å². The molecule has 15 nitrogen and oxygen atoms in total. The van der Waals surface area contributed by atoms with E-state index in [-0.39, 0.29) is 51.8 Å². The molecular formula is C5H14Mg2O15. The molecule has 0 radical (unpaired) electrons. The van der Waals surface area contributed by atoms with Gasteiger partial charge in [0.2, 0.25) is 0 Å². The van der Waals surface area contributed by atoms with Crippen molar-refractivity contribution in [3.63, 3.8) is 0 Å². The third kappa shape index (κ3) is 1140. The Labute approximate surface area is 157 Å². The van der Waals surface area contributed by atoms with Gasteiger partial charge in [0.25, 0.3) is 0 Å². The van der Waals surface area contributed by atoms with Gasteiger partial charge in [0.1, 0.15) is 0 Å². The first-order chi connectivity index (χ1) is 8.66. The van der Waals surface area contributed by atoms with Crippen LogP contribution in [0.4, 0.5) is 24.0 Å². The Bertz CT molecular complexity index is 227. The predicted octanol–water partition coefficient (Wildman–Crippen LogP) is 0.800. The molecule has 0 fully saturated rings. The molecule has 0 unspecified atom stereocenters. The number of carboxylic acid groups (broad SMARTS) is 10. The van der Waals surface area contributed by atoms with Crippen molar-refractivity contribution < 1.29 is 80.7 Å². The van der Waals surface area contributed by atoms with Crippen LogP contribution in [-0.2, 0) is 0 Å². The van der Waals surface area contributed by atoms with Crippen LogP contribution >= 0.6 is 0 Å². The smallest absolute Gasteiger partial charge is 1.00 e. The molecule has 0 aliphatic carbocycles. The predicted molar refractivity (Wildman–Crippen MR) is 69.2 cm³/mol. The minimum atomic E-state index is -1.83. The molecule has 0 saturated heterocycles. The van der Waals surface area contributed by atoms with Crippen LogP contribution in [0.3, 0.4) is 0 Å². The fourth-order valence-electron chi connectivity index (χ4n) is 0. The van der Waals surface area contributed by atoms with Crippen LogP contribution in [0.25, 0.3) is 0 Å². The first-order valence-electron chi connectivity index (χ1n) is 3.26. The Kier molecular flexibility index (Phi) is 70.6. The van der Waals surface area contributed by atoms with Crippen LogP contribution in [0.5, 0.6) is 0 Å². The third-order valence-corrected chi connectivity index (χ3v) is 0. The van der Waals surface area contributed by atoms with Crippen LogP contribution < -0.4 is 0 Å². The fraction of sp³-hybridized carbons (Fsp3) is 0. The molecule has 0 aromatic carbocycles. The summed E-state index contributed by atoms with van der Waals surface area (Å²) in [5.41, 5.74) is 0. The van der Waals surface area contributed by atoms with Crippen LogP contribution in [0.2, 0.25) is 0 Å². The van der Waals surface area contributed by atoms with Gasteiger partial charge < -0.3 is 56.8 Å². The normalized spacial score (nSPS) is 5.45. The van der Waals surface area contributed by atoms with Gasteiger partial charge in [-0.15, -0.1) is 0 Å². The Morgan fingerprint density at radius 2 is 0.364 bits per heavy atom. The van der Waals surface area contributed by atoms with E-state index in [1.165, 1.54) is 0 Å². The SMILES string of the molecule is O=C(O)O.O=C(O)O.O=C(O)O.O=C(O)O.O=C(O)O.[H-].[H-].[H-].[H-].[Mg+2].[Mg+2]. The third-order valence-electron chi connectivity index (χ3n) is 0. The zero-order valence-electron chi connectivity index (χ0n) is 14.4. The van der Waals surface area contributed by atoms with E-state index < -0.39 is 30.8 Å². The van der Waals surface area contributed by atoms with Crippen LogP contribution in [-0.4, -0.2) is 128 Å². The van der Waals surface area contributed by atoms with Gasteiger partial charge in [-0.3, -0.25) is 0 Å². The zero-order chi connectivity index (χ0) is 17.9. The summed E-state index contributed by atoms with van der Waals surface area (Å²) >= 11 is 0. The van der Waals surface area contributed by atoms with E-state index in [1.807, 2.05) is 0 Å². The molecule has 0 saturated carbocycles. The topological polar surface area (TPSA) is 288 Å². The molecule has 128 valence electrons. The molecule has 0 heterocycles. The molecule has 17 heteroatoms. The molecule has 0 bridgehead atoms. The fourth-order valence-corrected chi connectivity index (χ4v) is 0. The van der Waals surface area contributed by atoms with E-state index in [0.717, 1.165) is 0 Å². The standard InChI is InChI=1S/5CH2O3.2Mg.4H/c5*2-1(3)4;;;;;;/h5*(H2,2,3,4);;;;;;/q;;;;;2*+2;4*-1. The van der Waals surface area contributed by atoms with Crippen molar-refractivity contribution in [2.45, 2.75) is 0 Å². The summed E-state index contributed by atoms with van der Waals surface area (Å²) in [6, 6.07) is 0. The van der Waals surface area contributed by atoms with E-state index in [9.17, 15) is 0 Å². The Balaban J connectivity index is -0.0000000114. The first-order valence-corrected chi connectivity index (χ1v) is 3.26. The second-order valence-electron chi connectivity index (χ2n) is 1.41. The van der Waals surface area contributed by atoms with Gasteiger partial charge in [0.05, 0.1) is 0 Å². The minimum Gasteiger partial charge on any atom is -1.00 e. The summed E-state index contributed by atoms with van der Waals surface area (Å²) in [7, 11) is 0. The van der Waals surface area contributed by atoms with Crippen molar-refractivity contribution in [2.24, 2.45) is 0 Å². The zero-order valence-corrected chi connectivity index (χ0v) is 13.3. The number of rotatable bonds is 0. The quantitative estimate of drug-likeness (QED) is 0.266. The summed E-state index contributed by atoms with van der Waals surface area (Å²) in [6.45, 7) is 0. The number of hydrogen-bond donors (Lipinski definition) is 10. The average molecular weight is 363 g/mol. The summed E-state index contributed by atoms with van der Waals surface area (Å²) in [5, 5.41) is 69.7. The largest absolute Gasteiger partial charge is 2.00 e. The molecule has 0 spiro atoms. The molecule has 0 aromatic heterocycles. The maximum absolute atomic E-state index is 8.56. The van der Waals surface area contributed by atoms with E-state index in [0.29, 0.717) is 0 Å². The maximum Gasteiger partial charge on any atom is 2.00 e. The van der Waals surface area contributed by atoms with Crippen LogP contribution in [0.1, 0.15) is 5.71 Å². The molecule has 0 atom stereocenters. The average Bonchev–Trinajstić information content (AvgIpc) is 1.94. The number of carbonyl (C=O) groups is 5. The van der Waals surface area contributed by atoms with Gasteiger partial charge in [-0.1, -0.05) is 0 Å². The summed E-state index contributed by atoms with van der Waals surface area (Å²) in [6.07, 6.45) is -9.17. The molecule has 0 amide bonds. The van der Waals surface area contributed by atoms with Gasteiger partial charge in [0, 0.05) is 0 Å². The molecule has 0 aliphatic heterocycles. The molecular weight excluding hydrogens is 349 g/mol. The van der Waals surface area contributed by atoms with Crippen molar-refractivity contribution in [1.82, 2.24) is 0 Å². The second-order valence-corrected chi connectivity index (χ2v) is 1.41. The van der Waals surface area contributed by atoms with Crippen molar-refractivity contribution in [2.75, 3.05) is 0 Å².